The van der Waals surface area contributed by atoms with E-state index in [1.807, 2.05) is 18.7 Å². The summed E-state index contributed by atoms with van der Waals surface area (Å²) in [5, 5.41) is 0.0932. The molecule has 1 aliphatic heterocycles. The van der Waals surface area contributed by atoms with Gasteiger partial charge in [0.15, 0.2) is 5.78 Å². The Morgan fingerprint density at radius 1 is 1.30 bits per heavy atom. The van der Waals surface area contributed by atoms with E-state index < -0.39 is 0 Å². The van der Waals surface area contributed by atoms with Crippen LogP contribution in [0.1, 0.15) is 52.9 Å². The van der Waals surface area contributed by atoms with Gasteiger partial charge in [-0.2, -0.15) is 4.98 Å². The molecule has 1 fully saturated rings. The Balaban J connectivity index is 1.77. The second-order valence-corrected chi connectivity index (χ2v) is 8.40. The maximum atomic E-state index is 13.2. The molecule has 0 spiro atoms. The molecule has 0 radical (unpaired) electrons. The number of ketones is 1. The number of pyridine rings is 1. The summed E-state index contributed by atoms with van der Waals surface area (Å²) in [6.45, 7) is 4.85. The van der Waals surface area contributed by atoms with Gasteiger partial charge in [0.05, 0.1) is 19.3 Å². The molecule has 0 aromatic carbocycles. The molecule has 2 aromatic rings. The number of aromatic nitrogens is 3. The number of hydrogen-bond donors (Lipinski definition) is 1. The minimum atomic E-state index is -0.107. The van der Waals surface area contributed by atoms with Crippen molar-refractivity contribution in [1.82, 2.24) is 15.0 Å². The number of ether oxygens (including phenoxy) is 1. The number of allylic oxidation sites excluding steroid dienone is 1. The molecule has 0 unspecified atom stereocenters. The molecule has 1 aliphatic carbocycles. The van der Waals surface area contributed by atoms with Crippen molar-refractivity contribution in [3.8, 4) is 5.75 Å². The van der Waals surface area contributed by atoms with Crippen molar-refractivity contribution in [2.45, 2.75) is 46.1 Å². The Morgan fingerprint density at radius 2 is 2.03 bits per heavy atom. The van der Waals surface area contributed by atoms with Gasteiger partial charge in [-0.1, -0.05) is 30.5 Å². The number of nitrogens with two attached hydrogens (primary N) is 1. The predicted octanol–water partition coefficient (Wildman–Crippen LogP) is 4.05. The standard InChI is InChI=1S/C22H26ClN5O2/c1-12-9-25-16(13(2)19(12)30-3)11-28-10-15(8-14-6-4-5-7-14)18(29)17-20(23)26-22(24)27-21(17)28/h8-9,14H,4-7,10-11H2,1-3H3,(H2,24,26,27)/b15-8+. The molecule has 4 rings (SSSR count). The summed E-state index contributed by atoms with van der Waals surface area (Å²) >= 11 is 6.35. The largest absolute Gasteiger partial charge is 0.496 e. The number of carbonyl (C=O) groups excluding carboxylic acids is 1. The van der Waals surface area contributed by atoms with Gasteiger partial charge >= 0.3 is 0 Å². The number of methoxy groups -OCH3 is 1. The van der Waals surface area contributed by atoms with Crippen LogP contribution in [0.3, 0.4) is 0 Å². The minimum Gasteiger partial charge on any atom is -0.496 e. The van der Waals surface area contributed by atoms with Gasteiger partial charge in [-0.15, -0.1) is 0 Å². The van der Waals surface area contributed by atoms with Crippen LogP contribution in [0.4, 0.5) is 11.8 Å². The van der Waals surface area contributed by atoms with Crippen LogP contribution in [0.5, 0.6) is 5.75 Å². The van der Waals surface area contributed by atoms with Gasteiger partial charge in [-0.25, -0.2) is 4.98 Å². The molecule has 1 saturated carbocycles. The van der Waals surface area contributed by atoms with E-state index in [0.717, 1.165) is 41.0 Å². The number of carbonyl (C=O) groups is 1. The molecule has 158 valence electrons. The first kappa shape index (κ1) is 20.6. The Hall–Kier alpha value is -2.67. The lowest BCUT2D eigenvalue weighted by molar-refractivity contribution is 0.102. The van der Waals surface area contributed by atoms with E-state index in [0.29, 0.717) is 30.4 Å². The van der Waals surface area contributed by atoms with Crippen molar-refractivity contribution in [2.75, 3.05) is 24.3 Å². The van der Waals surface area contributed by atoms with Crippen molar-refractivity contribution in [2.24, 2.45) is 5.92 Å². The van der Waals surface area contributed by atoms with E-state index in [1.54, 1.807) is 13.3 Å². The van der Waals surface area contributed by atoms with E-state index >= 15 is 0 Å². The van der Waals surface area contributed by atoms with Crippen LogP contribution in [0, 0.1) is 19.8 Å². The van der Waals surface area contributed by atoms with Crippen LogP contribution in [-0.2, 0) is 6.54 Å². The molecule has 0 atom stereocenters. The molecule has 3 heterocycles. The summed E-state index contributed by atoms with van der Waals surface area (Å²) in [6, 6.07) is 0. The van der Waals surface area contributed by atoms with Crippen LogP contribution in [-0.4, -0.2) is 34.4 Å². The second kappa shape index (κ2) is 8.22. The number of fused-ring (bicyclic) bond motifs is 1. The summed E-state index contributed by atoms with van der Waals surface area (Å²) in [5.74, 6) is 1.65. The molecular weight excluding hydrogens is 402 g/mol. The van der Waals surface area contributed by atoms with Gasteiger partial charge in [0.25, 0.3) is 0 Å². The van der Waals surface area contributed by atoms with Crippen LogP contribution in [0.25, 0.3) is 0 Å². The zero-order valence-corrected chi connectivity index (χ0v) is 18.3. The van der Waals surface area contributed by atoms with Gasteiger partial charge in [0.1, 0.15) is 22.3 Å². The Kier molecular flexibility index (Phi) is 5.64. The Bertz CT molecular complexity index is 1030. The topological polar surface area (TPSA) is 94.2 Å². The summed E-state index contributed by atoms with van der Waals surface area (Å²) in [7, 11) is 1.66. The molecule has 2 aromatic heterocycles. The average Bonchev–Trinajstić information content (AvgIpc) is 3.20. The third-order valence-electron chi connectivity index (χ3n) is 5.97. The fourth-order valence-corrected chi connectivity index (χ4v) is 4.71. The third kappa shape index (κ3) is 3.74. The highest BCUT2D eigenvalue weighted by atomic mass is 35.5. The number of Topliss-reactive ketones (excluding diaryl/α,β-unsaturated/α-hetero) is 1. The van der Waals surface area contributed by atoms with Crippen LogP contribution >= 0.6 is 11.6 Å². The average molecular weight is 428 g/mol. The normalized spacial score (nSPS) is 18.2. The Labute approximate surface area is 181 Å². The van der Waals surface area contributed by atoms with Crippen molar-refractivity contribution >= 4 is 29.2 Å². The molecule has 7 nitrogen and oxygen atoms in total. The van der Waals surface area contributed by atoms with Crippen LogP contribution in [0.2, 0.25) is 5.15 Å². The summed E-state index contributed by atoms with van der Waals surface area (Å²) in [6.07, 6.45) is 8.56. The van der Waals surface area contributed by atoms with Gasteiger partial charge in [0, 0.05) is 29.4 Å². The zero-order chi connectivity index (χ0) is 21.4. The number of hydrogen-bond acceptors (Lipinski definition) is 7. The van der Waals surface area contributed by atoms with E-state index in [1.165, 1.54) is 12.8 Å². The highest BCUT2D eigenvalue weighted by Crippen LogP contribution is 2.36. The first-order valence-electron chi connectivity index (χ1n) is 10.2. The smallest absolute Gasteiger partial charge is 0.223 e. The number of nitrogens with zero attached hydrogens (tertiary/aromatic N) is 4. The number of nitrogen functional groups attached to an aromatic ring is 1. The third-order valence-corrected chi connectivity index (χ3v) is 6.24. The van der Waals surface area contributed by atoms with E-state index in [2.05, 4.69) is 21.0 Å². The Morgan fingerprint density at radius 3 is 2.73 bits per heavy atom. The summed E-state index contributed by atoms with van der Waals surface area (Å²) in [5.41, 5.74) is 9.70. The lowest BCUT2D eigenvalue weighted by Gasteiger charge is -2.32. The fraction of sp³-hybridized carbons (Fsp3) is 0.455. The number of halogens is 1. The number of rotatable bonds is 4. The SMILES string of the molecule is COc1c(C)cnc(CN2C/C(=C\C3CCCC3)C(=O)c3c(Cl)nc(N)nc32)c1C. The van der Waals surface area contributed by atoms with Gasteiger partial charge in [0.2, 0.25) is 5.95 Å². The lowest BCUT2D eigenvalue weighted by atomic mass is 9.94. The second-order valence-electron chi connectivity index (χ2n) is 8.04. The first-order valence-corrected chi connectivity index (χ1v) is 10.6. The van der Waals surface area contributed by atoms with Crippen molar-refractivity contribution in [1.29, 1.82) is 0 Å². The van der Waals surface area contributed by atoms with Gasteiger partial charge < -0.3 is 15.4 Å². The maximum Gasteiger partial charge on any atom is 0.223 e. The molecule has 30 heavy (non-hydrogen) atoms. The lowest BCUT2D eigenvalue weighted by Crippen LogP contribution is -2.36. The molecule has 0 saturated heterocycles. The minimum absolute atomic E-state index is 0.0472. The van der Waals surface area contributed by atoms with Crippen molar-refractivity contribution < 1.29 is 9.53 Å². The van der Waals surface area contributed by atoms with Gasteiger partial charge in [-0.3, -0.25) is 9.78 Å². The zero-order valence-electron chi connectivity index (χ0n) is 17.5. The monoisotopic (exact) mass is 427 g/mol. The number of anilines is 2. The van der Waals surface area contributed by atoms with E-state index in [-0.39, 0.29) is 16.9 Å². The number of aryl methyl sites for hydroxylation is 1. The predicted molar refractivity (Wildman–Crippen MR) is 117 cm³/mol. The van der Waals surface area contributed by atoms with Crippen LogP contribution < -0.4 is 15.4 Å². The molecule has 0 bridgehead atoms. The summed E-state index contributed by atoms with van der Waals surface area (Å²) < 4.78 is 5.55. The van der Waals surface area contributed by atoms with E-state index in [4.69, 9.17) is 22.1 Å². The van der Waals surface area contributed by atoms with E-state index in [9.17, 15) is 4.79 Å². The molecule has 2 aliphatic rings. The molecule has 0 amide bonds. The first-order chi connectivity index (χ1) is 14.4. The summed E-state index contributed by atoms with van der Waals surface area (Å²) in [4.78, 5) is 28.2. The van der Waals surface area contributed by atoms with Gasteiger partial charge in [-0.05, 0) is 32.6 Å². The molecule has 2 N–H and O–H groups in total. The molecule has 8 heteroatoms. The molecular formula is C22H26ClN5O2. The highest BCUT2D eigenvalue weighted by Gasteiger charge is 2.33. The van der Waals surface area contributed by atoms with Crippen molar-refractivity contribution in [3.63, 3.8) is 0 Å². The highest BCUT2D eigenvalue weighted by molar-refractivity contribution is 6.35. The fourth-order valence-electron chi connectivity index (χ4n) is 4.45. The maximum absolute atomic E-state index is 13.2. The quantitative estimate of drug-likeness (QED) is 0.580. The van der Waals surface area contributed by atoms with Crippen molar-refractivity contribution in [3.05, 3.63) is 45.4 Å². The van der Waals surface area contributed by atoms with Crippen LogP contribution in [0.15, 0.2) is 17.8 Å².